The van der Waals surface area contributed by atoms with Crippen molar-refractivity contribution < 1.29 is 4.79 Å². The van der Waals surface area contributed by atoms with Crippen LogP contribution in [0.2, 0.25) is 0 Å². The number of carbonyl (C=O) groups is 1. The molecule has 5 rings (SSSR count). The molecule has 0 bridgehead atoms. The van der Waals surface area contributed by atoms with E-state index < -0.39 is 0 Å². The Labute approximate surface area is 175 Å². The number of benzene rings is 2. The van der Waals surface area contributed by atoms with Gasteiger partial charge in [-0.05, 0) is 18.7 Å². The maximum atomic E-state index is 12.7. The van der Waals surface area contributed by atoms with E-state index in [1.807, 2.05) is 32.0 Å². The van der Waals surface area contributed by atoms with Gasteiger partial charge in [0.25, 0.3) is 0 Å². The van der Waals surface area contributed by atoms with Crippen LogP contribution in [0, 0.1) is 6.92 Å². The Bertz CT molecular complexity index is 1250. The first-order chi connectivity index (χ1) is 14.1. The Hall–Kier alpha value is -2.91. The zero-order valence-corrected chi connectivity index (χ0v) is 17.3. The van der Waals surface area contributed by atoms with Crippen LogP contribution in [0.4, 0.5) is 5.13 Å². The zero-order valence-electron chi connectivity index (χ0n) is 15.7. The van der Waals surface area contributed by atoms with Crippen molar-refractivity contribution in [2.45, 2.75) is 30.7 Å². The van der Waals surface area contributed by atoms with E-state index in [2.05, 4.69) is 43.9 Å². The Kier molecular flexibility index (Phi) is 4.48. The monoisotopic (exact) mass is 420 g/mol. The quantitative estimate of drug-likeness (QED) is 0.423. The summed E-state index contributed by atoms with van der Waals surface area (Å²) in [6.07, 6.45) is 0.630. The second-order valence-electron chi connectivity index (χ2n) is 6.63. The Balaban J connectivity index is 1.43. The van der Waals surface area contributed by atoms with Crippen LogP contribution >= 0.6 is 23.1 Å². The van der Waals surface area contributed by atoms with Crippen molar-refractivity contribution in [1.82, 2.24) is 25.4 Å². The number of aromatic nitrogens is 5. The third-order valence-corrected chi connectivity index (χ3v) is 6.72. The summed E-state index contributed by atoms with van der Waals surface area (Å²) in [7, 11) is 0. The molecular formula is C20H16N6OS2. The predicted molar refractivity (Wildman–Crippen MR) is 115 cm³/mol. The van der Waals surface area contributed by atoms with Gasteiger partial charge in [0.05, 0.1) is 5.25 Å². The summed E-state index contributed by atoms with van der Waals surface area (Å²) in [6.45, 7) is 3.81. The molecule has 2 heterocycles. The number of anilines is 1. The van der Waals surface area contributed by atoms with Crippen LogP contribution in [0.25, 0.3) is 33.3 Å². The van der Waals surface area contributed by atoms with Crippen LogP contribution < -0.4 is 5.32 Å². The van der Waals surface area contributed by atoms with Crippen LogP contribution in [-0.4, -0.2) is 36.5 Å². The normalized spacial score (nSPS) is 12.8. The van der Waals surface area contributed by atoms with Gasteiger partial charge in [-0.1, -0.05) is 66.4 Å². The maximum absolute atomic E-state index is 12.7. The minimum absolute atomic E-state index is 0.136. The van der Waals surface area contributed by atoms with E-state index in [-0.39, 0.29) is 11.2 Å². The first-order valence-corrected chi connectivity index (χ1v) is 10.9. The highest BCUT2D eigenvalue weighted by Gasteiger charge is 2.27. The standard InChI is InChI=1S/C20H16N6OS2/c1-3-14(18(27)22-20-25-23-10(2)28-20)29-19-21-16-12-8-4-6-11-7-5-9-13(15(11)12)17(16)24-26-19/h4-9,14H,3H2,1-2H3,(H,22,25,27). The smallest absolute Gasteiger partial charge is 0.239 e. The number of nitrogens with one attached hydrogen (secondary N) is 1. The lowest BCUT2D eigenvalue weighted by molar-refractivity contribution is -0.115. The summed E-state index contributed by atoms with van der Waals surface area (Å²) in [5, 5.41) is 23.2. The zero-order chi connectivity index (χ0) is 20.0. The van der Waals surface area contributed by atoms with E-state index in [1.54, 1.807) is 0 Å². The number of hydrogen-bond acceptors (Lipinski definition) is 8. The second kappa shape index (κ2) is 7.16. The lowest BCUT2D eigenvalue weighted by Crippen LogP contribution is -2.24. The molecule has 1 unspecified atom stereocenters. The van der Waals surface area contributed by atoms with Gasteiger partial charge in [-0.2, -0.15) is 0 Å². The molecule has 2 aromatic heterocycles. The molecular weight excluding hydrogens is 404 g/mol. The van der Waals surface area contributed by atoms with Crippen molar-refractivity contribution in [3.8, 4) is 22.5 Å². The van der Waals surface area contributed by atoms with Crippen molar-refractivity contribution in [1.29, 1.82) is 0 Å². The van der Waals surface area contributed by atoms with Crippen LogP contribution in [0.3, 0.4) is 0 Å². The fraction of sp³-hybridized carbons (Fsp3) is 0.200. The first kappa shape index (κ1) is 18.1. The lowest BCUT2D eigenvalue weighted by atomic mass is 10.0. The van der Waals surface area contributed by atoms with Gasteiger partial charge in [0.1, 0.15) is 16.4 Å². The first-order valence-electron chi connectivity index (χ1n) is 9.19. The number of rotatable bonds is 5. The molecule has 0 aliphatic heterocycles. The molecule has 0 saturated heterocycles. The van der Waals surface area contributed by atoms with Crippen molar-refractivity contribution in [2.24, 2.45) is 0 Å². The molecule has 2 aromatic carbocycles. The SMILES string of the molecule is CCC(Sc1nnc2c(n1)-c1cccc3cccc-2c13)C(=O)Nc1nnc(C)s1. The van der Waals surface area contributed by atoms with Gasteiger partial charge in [-0.3, -0.25) is 10.1 Å². The van der Waals surface area contributed by atoms with Crippen molar-refractivity contribution in [2.75, 3.05) is 5.32 Å². The van der Waals surface area contributed by atoms with Gasteiger partial charge in [-0.15, -0.1) is 20.4 Å². The van der Waals surface area contributed by atoms with Gasteiger partial charge < -0.3 is 0 Å². The number of thioether (sulfide) groups is 1. The van der Waals surface area contributed by atoms with Gasteiger partial charge in [0.15, 0.2) is 0 Å². The van der Waals surface area contributed by atoms with Crippen LogP contribution in [0.5, 0.6) is 0 Å². The lowest BCUT2D eigenvalue weighted by Gasteiger charge is -2.12. The Morgan fingerprint density at radius 2 is 1.83 bits per heavy atom. The van der Waals surface area contributed by atoms with Crippen molar-refractivity contribution >= 4 is 44.9 Å². The number of nitrogens with zero attached hydrogens (tertiary/aromatic N) is 5. The van der Waals surface area contributed by atoms with Gasteiger partial charge >= 0.3 is 0 Å². The largest absolute Gasteiger partial charge is 0.300 e. The summed E-state index contributed by atoms with van der Waals surface area (Å²) in [5.74, 6) is -0.136. The fourth-order valence-corrected chi connectivity index (χ4v) is 4.86. The molecule has 1 amide bonds. The summed E-state index contributed by atoms with van der Waals surface area (Å²) in [5.41, 5.74) is 3.74. The third-order valence-electron chi connectivity index (χ3n) is 4.75. The fourth-order valence-electron chi connectivity index (χ4n) is 3.45. The molecule has 29 heavy (non-hydrogen) atoms. The van der Waals surface area contributed by atoms with Gasteiger partial charge in [-0.25, -0.2) is 4.98 Å². The molecule has 4 aromatic rings. The molecule has 0 saturated carbocycles. The molecule has 1 atom stereocenters. The summed E-state index contributed by atoms with van der Waals surface area (Å²) in [4.78, 5) is 17.4. The number of fused-ring (bicyclic) bond motifs is 3. The van der Waals surface area contributed by atoms with Crippen LogP contribution in [0.15, 0.2) is 41.6 Å². The number of aryl methyl sites for hydroxylation is 1. The van der Waals surface area contributed by atoms with E-state index >= 15 is 0 Å². The molecule has 7 nitrogen and oxygen atoms in total. The van der Waals surface area contributed by atoms with Crippen molar-refractivity contribution in [3.63, 3.8) is 0 Å². The summed E-state index contributed by atoms with van der Waals surface area (Å²) < 4.78 is 0. The number of amides is 1. The van der Waals surface area contributed by atoms with Crippen LogP contribution in [0.1, 0.15) is 18.4 Å². The van der Waals surface area contributed by atoms with E-state index in [0.29, 0.717) is 16.7 Å². The average molecular weight is 421 g/mol. The highest BCUT2D eigenvalue weighted by atomic mass is 32.2. The van der Waals surface area contributed by atoms with E-state index in [1.165, 1.54) is 23.1 Å². The summed E-state index contributed by atoms with van der Waals surface area (Å²) in [6, 6.07) is 12.3. The molecule has 0 fully saturated rings. The minimum Gasteiger partial charge on any atom is -0.300 e. The Morgan fingerprint density at radius 3 is 2.52 bits per heavy atom. The maximum Gasteiger partial charge on any atom is 0.239 e. The molecule has 0 spiro atoms. The molecule has 144 valence electrons. The predicted octanol–water partition coefficient (Wildman–Crippen LogP) is 4.34. The topological polar surface area (TPSA) is 93.5 Å². The van der Waals surface area contributed by atoms with Gasteiger partial charge in [0.2, 0.25) is 16.2 Å². The number of hydrogen-bond donors (Lipinski definition) is 1. The minimum atomic E-state index is -0.348. The van der Waals surface area contributed by atoms with E-state index in [9.17, 15) is 4.79 Å². The highest BCUT2D eigenvalue weighted by Crippen LogP contribution is 2.45. The van der Waals surface area contributed by atoms with Crippen LogP contribution in [-0.2, 0) is 4.79 Å². The number of carbonyl (C=O) groups excluding carboxylic acids is 1. The summed E-state index contributed by atoms with van der Waals surface area (Å²) >= 11 is 2.67. The molecule has 1 N–H and O–H groups in total. The third kappa shape index (κ3) is 3.16. The highest BCUT2D eigenvalue weighted by molar-refractivity contribution is 8.00. The average Bonchev–Trinajstić information content (AvgIpc) is 3.29. The van der Waals surface area contributed by atoms with E-state index in [4.69, 9.17) is 4.98 Å². The van der Waals surface area contributed by atoms with E-state index in [0.717, 1.165) is 38.3 Å². The molecule has 1 aliphatic rings. The molecule has 1 aliphatic carbocycles. The molecule has 0 radical (unpaired) electrons. The van der Waals surface area contributed by atoms with Gasteiger partial charge in [0, 0.05) is 16.5 Å². The molecule has 9 heteroatoms. The van der Waals surface area contributed by atoms with Crippen molar-refractivity contribution in [3.05, 3.63) is 41.4 Å². The second-order valence-corrected chi connectivity index (χ2v) is 8.98. The Morgan fingerprint density at radius 1 is 1.07 bits per heavy atom.